The standard InChI is InChI=1S/C37H73N2/c1-4-7-10-13-16-18-20-21-23-25-28-31-34-39-36-35-38(37(39)32-29-26-15-12-9-6-3)33-30-27-24-22-19-17-14-11-8-5-2/h35-36H,4-34H2,1-3H3/q+1. The number of rotatable bonds is 31. The summed E-state index contributed by atoms with van der Waals surface area (Å²) < 4.78 is 5.25. The number of imidazole rings is 1. The van der Waals surface area contributed by atoms with Crippen molar-refractivity contribution < 1.29 is 4.57 Å². The lowest BCUT2D eigenvalue weighted by Gasteiger charge is -2.07. The Morgan fingerprint density at radius 1 is 0.436 bits per heavy atom. The SMILES string of the molecule is CCCCCCCCCCCCCC[n+]1ccn(CCCCCCCCCCCC)c1CCCCCCCC. The first-order chi connectivity index (χ1) is 19.3. The van der Waals surface area contributed by atoms with Crippen LogP contribution in [0.5, 0.6) is 0 Å². The maximum atomic E-state index is 2.62. The highest BCUT2D eigenvalue weighted by Gasteiger charge is 2.16. The van der Waals surface area contributed by atoms with Crippen LogP contribution >= 0.6 is 0 Å². The molecule has 1 aromatic heterocycles. The average molecular weight is 546 g/mol. The lowest BCUT2D eigenvalue weighted by Crippen LogP contribution is -2.37. The summed E-state index contributed by atoms with van der Waals surface area (Å²) in [6, 6.07) is 0. The van der Waals surface area contributed by atoms with E-state index < -0.39 is 0 Å². The van der Waals surface area contributed by atoms with Crippen molar-refractivity contribution in [2.75, 3.05) is 0 Å². The van der Waals surface area contributed by atoms with Gasteiger partial charge in [-0.2, -0.15) is 0 Å². The summed E-state index contributed by atoms with van der Waals surface area (Å²) in [5.41, 5.74) is 0. The molecule has 0 aromatic carbocycles. The molecule has 1 aromatic rings. The Balaban J connectivity index is 2.28. The second-order valence-electron chi connectivity index (χ2n) is 12.7. The van der Waals surface area contributed by atoms with Crippen LogP contribution in [0.25, 0.3) is 0 Å². The fourth-order valence-electron chi connectivity index (χ4n) is 6.15. The zero-order chi connectivity index (χ0) is 28.1. The lowest BCUT2D eigenvalue weighted by atomic mass is 10.1. The molecule has 1 rings (SSSR count). The smallest absolute Gasteiger partial charge is 0.234 e. The highest BCUT2D eigenvalue weighted by molar-refractivity contribution is 4.84. The van der Waals surface area contributed by atoms with Gasteiger partial charge in [0, 0.05) is 6.42 Å². The van der Waals surface area contributed by atoms with Crippen LogP contribution in [-0.4, -0.2) is 4.57 Å². The van der Waals surface area contributed by atoms with Crippen LogP contribution in [0.3, 0.4) is 0 Å². The molecule has 2 heteroatoms. The van der Waals surface area contributed by atoms with Gasteiger partial charge in [0.25, 0.3) is 5.82 Å². The summed E-state index contributed by atoms with van der Waals surface area (Å²) in [4.78, 5) is 0. The average Bonchev–Trinajstić information content (AvgIpc) is 3.33. The molecular formula is C37H73N2+. The number of hydrogen-bond acceptors (Lipinski definition) is 0. The molecule has 39 heavy (non-hydrogen) atoms. The zero-order valence-electron chi connectivity index (χ0n) is 27.5. The topological polar surface area (TPSA) is 8.81 Å². The van der Waals surface area contributed by atoms with Crippen LogP contribution in [0.2, 0.25) is 0 Å². The van der Waals surface area contributed by atoms with E-state index in [9.17, 15) is 0 Å². The van der Waals surface area contributed by atoms with Gasteiger partial charge in [-0.1, -0.05) is 168 Å². The molecular weight excluding hydrogens is 472 g/mol. The van der Waals surface area contributed by atoms with Crippen LogP contribution in [0, 0.1) is 0 Å². The monoisotopic (exact) mass is 546 g/mol. The van der Waals surface area contributed by atoms with E-state index in [1.54, 1.807) is 5.82 Å². The van der Waals surface area contributed by atoms with Crippen molar-refractivity contribution in [3.8, 4) is 0 Å². The van der Waals surface area contributed by atoms with Crippen molar-refractivity contribution in [2.24, 2.45) is 0 Å². The zero-order valence-corrected chi connectivity index (χ0v) is 27.5. The first-order valence-corrected chi connectivity index (χ1v) is 18.4. The quantitative estimate of drug-likeness (QED) is 0.0648. The van der Waals surface area contributed by atoms with Gasteiger partial charge >= 0.3 is 0 Å². The van der Waals surface area contributed by atoms with Crippen molar-refractivity contribution in [2.45, 2.75) is 220 Å². The fourth-order valence-corrected chi connectivity index (χ4v) is 6.15. The first-order valence-electron chi connectivity index (χ1n) is 18.4. The Bertz CT molecular complexity index is 605. The predicted octanol–water partition coefficient (Wildman–Crippen LogP) is 12.3. The predicted molar refractivity (Wildman–Crippen MR) is 175 cm³/mol. The largest absolute Gasteiger partial charge is 0.256 e. The third-order valence-corrected chi connectivity index (χ3v) is 8.85. The van der Waals surface area contributed by atoms with Gasteiger partial charge in [-0.05, 0) is 32.1 Å². The summed E-state index contributed by atoms with van der Waals surface area (Å²) in [5.74, 6) is 1.62. The molecule has 0 amide bonds. The Kier molecular flexibility index (Phi) is 26.7. The van der Waals surface area contributed by atoms with E-state index in [0.717, 1.165) is 0 Å². The summed E-state index contributed by atoms with van der Waals surface area (Å²) in [7, 11) is 0. The van der Waals surface area contributed by atoms with Crippen molar-refractivity contribution in [1.29, 1.82) is 0 Å². The van der Waals surface area contributed by atoms with Gasteiger partial charge in [0.1, 0.15) is 12.4 Å². The molecule has 1 heterocycles. The summed E-state index contributed by atoms with van der Waals surface area (Å²) in [6.45, 7) is 9.40. The molecule has 0 aliphatic carbocycles. The minimum atomic E-state index is 1.23. The Morgan fingerprint density at radius 2 is 0.795 bits per heavy atom. The molecule has 0 radical (unpaired) electrons. The van der Waals surface area contributed by atoms with Crippen LogP contribution in [0.4, 0.5) is 0 Å². The van der Waals surface area contributed by atoms with Crippen LogP contribution < -0.4 is 4.57 Å². The van der Waals surface area contributed by atoms with E-state index >= 15 is 0 Å². The molecule has 0 atom stereocenters. The minimum Gasteiger partial charge on any atom is -0.234 e. The van der Waals surface area contributed by atoms with Gasteiger partial charge in [-0.3, -0.25) is 0 Å². The van der Waals surface area contributed by atoms with Gasteiger partial charge < -0.3 is 0 Å². The normalized spacial score (nSPS) is 11.6. The fraction of sp³-hybridized carbons (Fsp3) is 0.919. The molecule has 0 N–H and O–H groups in total. The third-order valence-electron chi connectivity index (χ3n) is 8.85. The molecule has 0 saturated carbocycles. The number of aryl methyl sites for hydroxylation is 2. The number of hydrogen-bond donors (Lipinski definition) is 0. The molecule has 0 bridgehead atoms. The van der Waals surface area contributed by atoms with Crippen molar-refractivity contribution in [1.82, 2.24) is 4.57 Å². The molecule has 0 unspecified atom stereocenters. The Labute approximate surface area is 247 Å². The molecule has 2 nitrogen and oxygen atoms in total. The molecule has 0 aliphatic heterocycles. The van der Waals surface area contributed by atoms with Crippen molar-refractivity contribution >= 4 is 0 Å². The van der Waals surface area contributed by atoms with Gasteiger partial charge in [0.15, 0.2) is 0 Å². The van der Waals surface area contributed by atoms with E-state index in [0.29, 0.717) is 0 Å². The van der Waals surface area contributed by atoms with Crippen LogP contribution in [0.15, 0.2) is 12.4 Å². The van der Waals surface area contributed by atoms with E-state index in [-0.39, 0.29) is 0 Å². The third kappa shape index (κ3) is 21.6. The highest BCUT2D eigenvalue weighted by atomic mass is 15.1. The second-order valence-corrected chi connectivity index (χ2v) is 12.7. The van der Waals surface area contributed by atoms with Gasteiger partial charge in [0.05, 0.1) is 13.1 Å². The van der Waals surface area contributed by atoms with E-state index in [1.165, 1.54) is 199 Å². The van der Waals surface area contributed by atoms with Gasteiger partial charge in [-0.15, -0.1) is 0 Å². The molecule has 0 fully saturated rings. The number of nitrogens with zero attached hydrogens (tertiary/aromatic N) is 2. The number of aromatic nitrogens is 2. The van der Waals surface area contributed by atoms with Gasteiger partial charge in [0.2, 0.25) is 0 Å². The molecule has 0 aliphatic rings. The van der Waals surface area contributed by atoms with E-state index in [4.69, 9.17) is 0 Å². The summed E-state index contributed by atoms with van der Waals surface area (Å²) >= 11 is 0. The maximum absolute atomic E-state index is 2.62. The highest BCUT2D eigenvalue weighted by Crippen LogP contribution is 2.14. The Hall–Kier alpha value is -0.790. The van der Waals surface area contributed by atoms with Crippen molar-refractivity contribution in [3.05, 3.63) is 18.2 Å². The lowest BCUT2D eigenvalue weighted by molar-refractivity contribution is -0.704. The van der Waals surface area contributed by atoms with Crippen molar-refractivity contribution in [3.63, 3.8) is 0 Å². The Morgan fingerprint density at radius 3 is 1.23 bits per heavy atom. The van der Waals surface area contributed by atoms with E-state index in [1.807, 2.05) is 0 Å². The maximum Gasteiger partial charge on any atom is 0.256 e. The second kappa shape index (κ2) is 28.7. The molecule has 230 valence electrons. The van der Waals surface area contributed by atoms with Gasteiger partial charge in [-0.25, -0.2) is 9.13 Å². The minimum absolute atomic E-state index is 1.23. The van der Waals surface area contributed by atoms with E-state index in [2.05, 4.69) is 42.3 Å². The molecule has 0 spiro atoms. The molecule has 0 saturated heterocycles. The first kappa shape index (κ1) is 36.2. The summed E-state index contributed by atoms with van der Waals surface area (Å²) in [6.07, 6.45) is 45.9. The number of unbranched alkanes of at least 4 members (excludes halogenated alkanes) is 25. The van der Waals surface area contributed by atoms with Crippen LogP contribution in [0.1, 0.15) is 206 Å². The summed E-state index contributed by atoms with van der Waals surface area (Å²) in [5, 5.41) is 0. The van der Waals surface area contributed by atoms with Crippen LogP contribution in [-0.2, 0) is 19.5 Å².